The van der Waals surface area contributed by atoms with Gasteiger partial charge in [-0.15, -0.1) is 0 Å². The van der Waals surface area contributed by atoms with Crippen LogP contribution in [0.1, 0.15) is 25.7 Å². The van der Waals surface area contributed by atoms with Crippen molar-refractivity contribution in [3.8, 4) is 11.3 Å². The van der Waals surface area contributed by atoms with Gasteiger partial charge in [0, 0.05) is 37.1 Å². The molecule has 1 N–H and O–H groups in total. The first-order valence-corrected chi connectivity index (χ1v) is 9.69. The quantitative estimate of drug-likeness (QED) is 0.881. The van der Waals surface area contributed by atoms with Gasteiger partial charge >= 0.3 is 0 Å². The number of piperidine rings is 2. The fourth-order valence-electron chi connectivity index (χ4n) is 4.06. The van der Waals surface area contributed by atoms with E-state index in [1.165, 1.54) is 0 Å². The molecule has 0 aromatic carbocycles. The average Bonchev–Trinajstić information content (AvgIpc) is 2.71. The third-order valence-corrected chi connectivity index (χ3v) is 5.64. The molecule has 0 saturated carbocycles. The van der Waals surface area contributed by atoms with Crippen LogP contribution < -0.4 is 10.9 Å². The second kappa shape index (κ2) is 8.00. The van der Waals surface area contributed by atoms with Gasteiger partial charge in [-0.2, -0.15) is 0 Å². The fourth-order valence-corrected chi connectivity index (χ4v) is 4.06. The number of nitrogens with one attached hydrogen (secondary N) is 1. The molecule has 7 heteroatoms. The Labute approximate surface area is 158 Å². The lowest BCUT2D eigenvalue weighted by molar-refractivity contribution is -0.128. The number of pyridine rings is 1. The Morgan fingerprint density at radius 1 is 1.19 bits per heavy atom. The van der Waals surface area contributed by atoms with Crippen molar-refractivity contribution < 1.29 is 4.79 Å². The van der Waals surface area contributed by atoms with E-state index in [9.17, 15) is 9.59 Å². The summed E-state index contributed by atoms with van der Waals surface area (Å²) >= 11 is 0. The Bertz CT molecular complexity index is 843. The van der Waals surface area contributed by atoms with Crippen molar-refractivity contribution in [3.63, 3.8) is 0 Å². The maximum atomic E-state index is 12.5. The first-order chi connectivity index (χ1) is 13.2. The molecular weight excluding hydrogens is 342 g/mol. The van der Waals surface area contributed by atoms with E-state index in [4.69, 9.17) is 0 Å². The number of aromatic nitrogens is 3. The van der Waals surface area contributed by atoms with Gasteiger partial charge in [-0.1, -0.05) is 0 Å². The molecule has 2 aromatic heterocycles. The van der Waals surface area contributed by atoms with Crippen LogP contribution in [0.3, 0.4) is 0 Å². The van der Waals surface area contributed by atoms with Crippen molar-refractivity contribution in [2.45, 2.75) is 38.3 Å². The number of hydrogen-bond acceptors (Lipinski definition) is 5. The lowest BCUT2D eigenvalue weighted by Gasteiger charge is -2.38. The minimum atomic E-state index is -0.0297. The highest BCUT2D eigenvalue weighted by molar-refractivity contribution is 5.82. The monoisotopic (exact) mass is 367 g/mol. The van der Waals surface area contributed by atoms with E-state index in [0.29, 0.717) is 18.2 Å². The third-order valence-electron chi connectivity index (χ3n) is 5.64. The van der Waals surface area contributed by atoms with Gasteiger partial charge in [-0.05, 0) is 56.8 Å². The molecule has 4 heterocycles. The predicted octanol–water partition coefficient (Wildman–Crippen LogP) is 1.30. The lowest BCUT2D eigenvalue weighted by atomic mass is 9.94. The third kappa shape index (κ3) is 4.08. The molecule has 142 valence electrons. The van der Waals surface area contributed by atoms with Gasteiger partial charge in [0.1, 0.15) is 0 Å². The Hall–Kier alpha value is -2.54. The molecule has 1 unspecified atom stereocenters. The number of carbonyl (C=O) groups is 1. The summed E-state index contributed by atoms with van der Waals surface area (Å²) in [6.45, 7) is 3.32. The van der Waals surface area contributed by atoms with Crippen molar-refractivity contribution in [1.82, 2.24) is 24.8 Å². The van der Waals surface area contributed by atoms with E-state index in [0.717, 1.165) is 50.9 Å². The largest absolute Gasteiger partial charge is 0.355 e. The Balaban J connectivity index is 1.36. The number of carbonyl (C=O) groups excluding carboxylic acids is 1. The summed E-state index contributed by atoms with van der Waals surface area (Å²) in [6.07, 6.45) is 9.07. The molecule has 1 atom stereocenters. The molecule has 2 aliphatic rings. The molecule has 2 aromatic rings. The average molecular weight is 367 g/mol. The van der Waals surface area contributed by atoms with Crippen molar-refractivity contribution in [2.75, 3.05) is 19.6 Å². The highest BCUT2D eigenvalue weighted by atomic mass is 16.2. The molecule has 2 fully saturated rings. The van der Waals surface area contributed by atoms with Crippen LogP contribution in [0.5, 0.6) is 0 Å². The molecule has 0 radical (unpaired) electrons. The standard InChI is InChI=1S/C20H25N5O2/c26-19-11-17(16-3-1-7-21-12-16)23-14-25(19)13-15-5-9-24(10-6-15)18-4-2-8-22-20(18)27/h1,3,7,11-12,14-15,18H,2,4-6,8-10,13H2,(H,22,27). The van der Waals surface area contributed by atoms with E-state index >= 15 is 0 Å². The summed E-state index contributed by atoms with van der Waals surface area (Å²) in [6, 6.07) is 5.35. The second-order valence-corrected chi connectivity index (χ2v) is 7.43. The Morgan fingerprint density at radius 3 is 2.74 bits per heavy atom. The van der Waals surface area contributed by atoms with E-state index < -0.39 is 0 Å². The maximum absolute atomic E-state index is 12.5. The highest BCUT2D eigenvalue weighted by Crippen LogP contribution is 2.23. The van der Waals surface area contributed by atoms with Gasteiger partial charge in [0.25, 0.3) is 5.56 Å². The maximum Gasteiger partial charge on any atom is 0.253 e. The van der Waals surface area contributed by atoms with E-state index in [-0.39, 0.29) is 17.5 Å². The van der Waals surface area contributed by atoms with Gasteiger partial charge in [0.05, 0.1) is 18.1 Å². The Morgan fingerprint density at radius 2 is 2.04 bits per heavy atom. The summed E-state index contributed by atoms with van der Waals surface area (Å²) in [5.41, 5.74) is 1.47. The Kier molecular flexibility index (Phi) is 5.29. The minimum Gasteiger partial charge on any atom is -0.355 e. The van der Waals surface area contributed by atoms with Crippen LogP contribution in [0.15, 0.2) is 41.7 Å². The normalized spacial score (nSPS) is 21.8. The van der Waals surface area contributed by atoms with Crippen molar-refractivity contribution in [1.29, 1.82) is 0 Å². The lowest BCUT2D eigenvalue weighted by Crippen LogP contribution is -2.52. The van der Waals surface area contributed by atoms with Crippen LogP contribution in [0.2, 0.25) is 0 Å². The summed E-state index contributed by atoms with van der Waals surface area (Å²) in [4.78, 5) is 35.3. The molecule has 2 saturated heterocycles. The van der Waals surface area contributed by atoms with Crippen LogP contribution in [0.25, 0.3) is 11.3 Å². The van der Waals surface area contributed by atoms with E-state index in [2.05, 4.69) is 20.2 Å². The second-order valence-electron chi connectivity index (χ2n) is 7.43. The van der Waals surface area contributed by atoms with Crippen LogP contribution in [0, 0.1) is 5.92 Å². The molecule has 4 rings (SSSR count). The van der Waals surface area contributed by atoms with Gasteiger partial charge in [-0.3, -0.25) is 24.0 Å². The fraction of sp³-hybridized carbons (Fsp3) is 0.500. The summed E-state index contributed by atoms with van der Waals surface area (Å²) in [5.74, 6) is 0.614. The molecular formula is C20H25N5O2. The number of rotatable bonds is 4. The first-order valence-electron chi connectivity index (χ1n) is 9.69. The summed E-state index contributed by atoms with van der Waals surface area (Å²) < 4.78 is 1.70. The van der Waals surface area contributed by atoms with Crippen LogP contribution in [-0.4, -0.2) is 51.0 Å². The summed E-state index contributed by atoms with van der Waals surface area (Å²) in [7, 11) is 0. The number of nitrogens with zero attached hydrogens (tertiary/aromatic N) is 4. The van der Waals surface area contributed by atoms with Gasteiger partial charge in [0.2, 0.25) is 5.91 Å². The van der Waals surface area contributed by atoms with E-state index in [1.54, 1.807) is 29.4 Å². The number of likely N-dealkylation sites (tertiary alicyclic amines) is 1. The van der Waals surface area contributed by atoms with Crippen LogP contribution >= 0.6 is 0 Å². The SMILES string of the molecule is O=C1NCCCC1N1CCC(Cn2cnc(-c3cccnc3)cc2=O)CC1. The molecule has 0 aliphatic carbocycles. The number of amides is 1. The van der Waals surface area contributed by atoms with Gasteiger partial charge < -0.3 is 5.32 Å². The zero-order valence-corrected chi connectivity index (χ0v) is 15.4. The molecule has 27 heavy (non-hydrogen) atoms. The molecule has 2 aliphatic heterocycles. The zero-order valence-electron chi connectivity index (χ0n) is 15.4. The van der Waals surface area contributed by atoms with Gasteiger partial charge in [-0.25, -0.2) is 4.98 Å². The zero-order chi connectivity index (χ0) is 18.6. The molecule has 7 nitrogen and oxygen atoms in total. The summed E-state index contributed by atoms with van der Waals surface area (Å²) in [5, 5.41) is 2.97. The van der Waals surface area contributed by atoms with E-state index in [1.807, 2.05) is 12.1 Å². The van der Waals surface area contributed by atoms with Crippen molar-refractivity contribution in [2.24, 2.45) is 5.92 Å². The minimum absolute atomic E-state index is 0.0297. The first kappa shape index (κ1) is 17.9. The molecule has 1 amide bonds. The van der Waals surface area contributed by atoms with Crippen molar-refractivity contribution >= 4 is 5.91 Å². The molecule has 0 bridgehead atoms. The van der Waals surface area contributed by atoms with Crippen LogP contribution in [-0.2, 0) is 11.3 Å². The molecule has 0 spiro atoms. The number of hydrogen-bond donors (Lipinski definition) is 1. The van der Waals surface area contributed by atoms with Crippen molar-refractivity contribution in [3.05, 3.63) is 47.3 Å². The predicted molar refractivity (Wildman–Crippen MR) is 102 cm³/mol. The topological polar surface area (TPSA) is 80.1 Å². The van der Waals surface area contributed by atoms with Gasteiger partial charge in [0.15, 0.2) is 0 Å². The smallest absolute Gasteiger partial charge is 0.253 e. The highest BCUT2D eigenvalue weighted by Gasteiger charge is 2.31. The van der Waals surface area contributed by atoms with Crippen LogP contribution in [0.4, 0.5) is 0 Å².